The van der Waals surface area contributed by atoms with Gasteiger partial charge in [0.25, 0.3) is 0 Å². The van der Waals surface area contributed by atoms with E-state index in [0.29, 0.717) is 29.3 Å². The van der Waals surface area contributed by atoms with E-state index in [2.05, 4.69) is 15.2 Å². The van der Waals surface area contributed by atoms with E-state index in [9.17, 15) is 9.90 Å². The van der Waals surface area contributed by atoms with Crippen LogP contribution in [0, 0.1) is 0 Å². The molecule has 0 unspecified atom stereocenters. The summed E-state index contributed by atoms with van der Waals surface area (Å²) in [6.45, 7) is 2.07. The Labute approximate surface area is 166 Å². The number of esters is 1. The summed E-state index contributed by atoms with van der Waals surface area (Å²) < 4.78 is 10.2. The van der Waals surface area contributed by atoms with Crippen molar-refractivity contribution in [3.05, 3.63) is 64.6 Å². The number of aromatic hydroxyl groups is 1. The van der Waals surface area contributed by atoms with Crippen molar-refractivity contribution in [2.24, 2.45) is 10.2 Å². The first-order valence-electron chi connectivity index (χ1n) is 9.10. The number of rotatable bonds is 5. The highest BCUT2D eigenvalue weighted by atomic mass is 16.5. The molecule has 0 aliphatic carbocycles. The quantitative estimate of drug-likeness (QED) is 0.518. The molecular weight excluding hydrogens is 370 g/mol. The van der Waals surface area contributed by atoms with Gasteiger partial charge in [0, 0.05) is 27.8 Å². The van der Waals surface area contributed by atoms with Crippen LogP contribution in [-0.2, 0) is 9.53 Å². The van der Waals surface area contributed by atoms with Gasteiger partial charge >= 0.3 is 5.97 Å². The van der Waals surface area contributed by atoms with Crippen LogP contribution < -0.4 is 15.2 Å². The highest BCUT2D eigenvalue weighted by molar-refractivity contribution is 5.92. The first kappa shape index (κ1) is 18.5. The predicted molar refractivity (Wildman–Crippen MR) is 109 cm³/mol. The largest absolute Gasteiger partial charge is 0.497 e. The minimum absolute atomic E-state index is 0.0833. The van der Waals surface area contributed by atoms with E-state index in [1.54, 1.807) is 20.1 Å². The number of H-pyrrole nitrogens is 1. The summed E-state index contributed by atoms with van der Waals surface area (Å²) in [5.74, 6) is 0.375. The highest BCUT2D eigenvalue weighted by Crippen LogP contribution is 2.30. The molecule has 0 radical (unpaired) electrons. The number of azo groups is 1. The van der Waals surface area contributed by atoms with Crippen LogP contribution in [0.4, 0.5) is 5.69 Å². The topological polar surface area (TPSA) is 96.3 Å². The van der Waals surface area contributed by atoms with Gasteiger partial charge in [-0.15, -0.1) is 10.2 Å². The van der Waals surface area contributed by atoms with Crippen molar-refractivity contribution in [1.82, 2.24) is 4.98 Å². The fourth-order valence-corrected chi connectivity index (χ4v) is 3.18. The first-order valence-corrected chi connectivity index (χ1v) is 9.10. The first-order chi connectivity index (χ1) is 14.1. The Kier molecular flexibility index (Phi) is 4.87. The van der Waals surface area contributed by atoms with Gasteiger partial charge in [-0.25, -0.2) is 4.79 Å². The Balaban J connectivity index is 1.75. The number of fused-ring (bicyclic) bond motifs is 2. The molecule has 2 heterocycles. The number of aromatic nitrogens is 1. The van der Waals surface area contributed by atoms with Gasteiger partial charge in [-0.1, -0.05) is 6.07 Å². The molecule has 4 rings (SSSR count). The Hall–Kier alpha value is -3.87. The van der Waals surface area contributed by atoms with Gasteiger partial charge in [0.2, 0.25) is 0 Å². The molecule has 0 saturated carbocycles. The predicted octanol–water partition coefficient (Wildman–Crippen LogP) is 3.04. The molecule has 7 heteroatoms. The minimum atomic E-state index is -0.418. The third-order valence-electron chi connectivity index (χ3n) is 4.56. The Bertz CT molecular complexity index is 1290. The second-order valence-electron chi connectivity index (χ2n) is 6.39. The molecule has 1 aliphatic heterocycles. The number of nitrogens with zero attached hydrogens (tertiary/aromatic N) is 2. The summed E-state index contributed by atoms with van der Waals surface area (Å²) in [6.07, 6.45) is 4.80. The van der Waals surface area contributed by atoms with Crippen LogP contribution in [0.15, 0.2) is 58.8 Å². The molecule has 0 atom stereocenters. The second kappa shape index (κ2) is 7.63. The molecule has 7 nitrogen and oxygen atoms in total. The molecule has 3 aromatic rings. The monoisotopic (exact) mass is 389 g/mol. The number of hydrogen-bond donors (Lipinski definition) is 2. The number of nitrogens with one attached hydrogen (secondary N) is 1. The molecule has 29 heavy (non-hydrogen) atoms. The van der Waals surface area contributed by atoms with E-state index >= 15 is 0 Å². The molecule has 1 aromatic heterocycles. The smallest absolute Gasteiger partial charge is 0.330 e. The summed E-state index contributed by atoms with van der Waals surface area (Å²) >= 11 is 0. The van der Waals surface area contributed by atoms with Crippen molar-refractivity contribution in [2.45, 2.75) is 6.92 Å². The summed E-state index contributed by atoms with van der Waals surface area (Å²) in [4.78, 5) is 14.5. The van der Waals surface area contributed by atoms with Gasteiger partial charge in [-0.05, 0) is 54.6 Å². The lowest BCUT2D eigenvalue weighted by Gasteiger charge is -1.99. The Morgan fingerprint density at radius 3 is 2.86 bits per heavy atom. The molecule has 0 amide bonds. The number of ether oxygens (including phenoxy) is 2. The third-order valence-corrected chi connectivity index (χ3v) is 4.56. The standard InChI is InChI=1S/C22H19N3O4/c1-3-29-21(26)9-8-19-15-6-4-13(11-20(15)25-24-19)10-17-16-12-14(28-2)5-7-18(16)23-22(17)27/h4-12,23,27H,3H2,1-2H3. The lowest BCUT2D eigenvalue weighted by atomic mass is 10.1. The van der Waals surface area contributed by atoms with Crippen LogP contribution in [0.1, 0.15) is 12.5 Å². The second-order valence-corrected chi connectivity index (χ2v) is 6.39. The summed E-state index contributed by atoms with van der Waals surface area (Å²) in [5.41, 5.74) is 2.77. The average molecular weight is 389 g/mol. The zero-order valence-corrected chi connectivity index (χ0v) is 16.0. The van der Waals surface area contributed by atoms with Crippen LogP contribution in [0.2, 0.25) is 0 Å². The summed E-state index contributed by atoms with van der Waals surface area (Å²) in [5, 5.41) is 21.2. The summed E-state index contributed by atoms with van der Waals surface area (Å²) in [7, 11) is 1.60. The van der Waals surface area contributed by atoms with Crippen LogP contribution in [-0.4, -0.2) is 29.8 Å². The number of methoxy groups -OCH3 is 1. The SMILES string of the molecule is CCOC(=O)C=CC1=c2ccc(=Cc3c(O)[nH]c4ccc(OC)cc34)cc2N=N1. The lowest BCUT2D eigenvalue weighted by molar-refractivity contribution is -0.137. The number of benzene rings is 2. The Morgan fingerprint density at radius 1 is 1.21 bits per heavy atom. The number of carbonyl (C=O) groups is 1. The fourth-order valence-electron chi connectivity index (χ4n) is 3.18. The van der Waals surface area contributed by atoms with Crippen LogP contribution in [0.5, 0.6) is 11.6 Å². The summed E-state index contributed by atoms with van der Waals surface area (Å²) in [6, 6.07) is 11.2. The van der Waals surface area contributed by atoms with E-state index in [4.69, 9.17) is 9.47 Å². The molecular formula is C22H19N3O4. The van der Waals surface area contributed by atoms with E-state index < -0.39 is 5.97 Å². The molecule has 0 bridgehead atoms. The molecule has 0 spiro atoms. The van der Waals surface area contributed by atoms with Crippen molar-refractivity contribution in [2.75, 3.05) is 13.7 Å². The maximum absolute atomic E-state index is 11.5. The van der Waals surface area contributed by atoms with E-state index in [-0.39, 0.29) is 5.88 Å². The van der Waals surface area contributed by atoms with Crippen molar-refractivity contribution >= 4 is 34.3 Å². The third kappa shape index (κ3) is 3.62. The number of hydrogen-bond acceptors (Lipinski definition) is 6. The van der Waals surface area contributed by atoms with Gasteiger partial charge in [-0.2, -0.15) is 0 Å². The van der Waals surface area contributed by atoms with Gasteiger partial charge in [0.05, 0.1) is 25.1 Å². The van der Waals surface area contributed by atoms with E-state index in [1.165, 1.54) is 6.08 Å². The van der Waals surface area contributed by atoms with Gasteiger partial charge in [0.1, 0.15) is 5.75 Å². The molecule has 2 N–H and O–H groups in total. The number of aromatic amines is 1. The maximum Gasteiger partial charge on any atom is 0.330 e. The molecule has 1 aliphatic rings. The van der Waals surface area contributed by atoms with Gasteiger partial charge < -0.3 is 19.6 Å². The molecule has 146 valence electrons. The van der Waals surface area contributed by atoms with Crippen molar-refractivity contribution < 1.29 is 19.4 Å². The van der Waals surface area contributed by atoms with E-state index in [1.807, 2.05) is 42.5 Å². The van der Waals surface area contributed by atoms with Crippen molar-refractivity contribution in [3.8, 4) is 11.6 Å². The maximum atomic E-state index is 11.5. The van der Waals surface area contributed by atoms with Gasteiger partial charge in [-0.3, -0.25) is 0 Å². The van der Waals surface area contributed by atoms with Crippen molar-refractivity contribution in [1.29, 1.82) is 0 Å². The molecule has 0 saturated heterocycles. The minimum Gasteiger partial charge on any atom is -0.497 e. The van der Waals surface area contributed by atoms with E-state index in [0.717, 1.165) is 21.3 Å². The zero-order valence-electron chi connectivity index (χ0n) is 16.0. The van der Waals surface area contributed by atoms with Crippen LogP contribution >= 0.6 is 0 Å². The highest BCUT2D eigenvalue weighted by Gasteiger charge is 2.11. The normalized spacial score (nSPS) is 13.4. The van der Waals surface area contributed by atoms with Gasteiger partial charge in [0.15, 0.2) is 5.88 Å². The Morgan fingerprint density at radius 2 is 2.07 bits per heavy atom. The van der Waals surface area contributed by atoms with Crippen molar-refractivity contribution in [3.63, 3.8) is 0 Å². The molecule has 2 aromatic carbocycles. The average Bonchev–Trinajstić information content (AvgIpc) is 3.26. The zero-order chi connectivity index (χ0) is 20.4. The molecule has 0 fully saturated rings. The van der Waals surface area contributed by atoms with Crippen LogP contribution in [0.3, 0.4) is 0 Å². The van der Waals surface area contributed by atoms with Crippen LogP contribution in [0.25, 0.3) is 22.7 Å². The fraction of sp³-hybridized carbons (Fsp3) is 0.136. The lowest BCUT2D eigenvalue weighted by Crippen LogP contribution is -2.08. The number of carbonyl (C=O) groups excluding carboxylic acids is 1.